The Morgan fingerprint density at radius 2 is 1.83 bits per heavy atom. The molecule has 0 saturated heterocycles. The van der Waals surface area contributed by atoms with Crippen LogP contribution in [0.3, 0.4) is 0 Å². The van der Waals surface area contributed by atoms with E-state index in [4.69, 9.17) is 4.98 Å². The number of carbonyl (C=O) groups is 1. The smallest absolute Gasteiger partial charge is 0.335 e. The van der Waals surface area contributed by atoms with Crippen LogP contribution in [0.15, 0.2) is 94.9 Å². The van der Waals surface area contributed by atoms with Gasteiger partial charge in [-0.05, 0) is 77.0 Å². The number of nitrogens with one attached hydrogen (secondary N) is 1. The third kappa shape index (κ3) is 4.00. The SMILES string of the molecule is CN(Sc1cccs1)c1ccc2[nH]c3ncc(-c4ccc(C(=O)O)cc4)c(-c4ccncc4)c3c2c1. The van der Waals surface area contributed by atoms with Crippen molar-refractivity contribution in [1.29, 1.82) is 0 Å². The summed E-state index contributed by atoms with van der Waals surface area (Å²) in [6.45, 7) is 0. The molecule has 0 atom stereocenters. The Kier molecular flexibility index (Phi) is 5.67. The van der Waals surface area contributed by atoms with Crippen LogP contribution in [0.2, 0.25) is 0 Å². The number of nitrogens with zero attached hydrogens (tertiary/aromatic N) is 3. The highest BCUT2D eigenvalue weighted by Crippen LogP contribution is 2.42. The van der Waals surface area contributed by atoms with Crippen LogP contribution in [0.25, 0.3) is 44.2 Å². The number of hydrogen-bond donors (Lipinski definition) is 2. The summed E-state index contributed by atoms with van der Waals surface area (Å²) in [6.07, 6.45) is 5.41. The molecule has 0 aliphatic rings. The predicted molar refractivity (Wildman–Crippen MR) is 148 cm³/mol. The molecule has 176 valence electrons. The lowest BCUT2D eigenvalue weighted by Crippen LogP contribution is -2.05. The highest BCUT2D eigenvalue weighted by atomic mass is 32.2. The van der Waals surface area contributed by atoms with Crippen LogP contribution < -0.4 is 4.31 Å². The van der Waals surface area contributed by atoms with Crippen LogP contribution in [-0.2, 0) is 0 Å². The molecule has 2 N–H and O–H groups in total. The van der Waals surface area contributed by atoms with Crippen molar-refractivity contribution in [1.82, 2.24) is 15.0 Å². The molecule has 0 amide bonds. The van der Waals surface area contributed by atoms with Gasteiger partial charge in [-0.2, -0.15) is 0 Å². The summed E-state index contributed by atoms with van der Waals surface area (Å²) >= 11 is 3.41. The fourth-order valence-corrected chi connectivity index (χ4v) is 6.12. The molecule has 0 aliphatic heterocycles. The standard InChI is InChI=1S/C28H20N4O2S2/c1-32(36-24-3-2-14-35-24)20-8-9-23-21(15-20)26-25(18-10-12-29-13-11-18)22(16-30-27(26)31-23)17-4-6-19(7-5-17)28(33)34/h2-16H,1H3,(H,30,31)(H,33,34). The Labute approximate surface area is 215 Å². The Hall–Kier alpha value is -4.14. The van der Waals surface area contributed by atoms with E-state index in [9.17, 15) is 9.90 Å². The molecule has 0 bridgehead atoms. The summed E-state index contributed by atoms with van der Waals surface area (Å²) in [7, 11) is 2.07. The molecule has 2 aromatic carbocycles. The van der Waals surface area contributed by atoms with Gasteiger partial charge in [-0.25, -0.2) is 9.78 Å². The van der Waals surface area contributed by atoms with E-state index in [0.717, 1.165) is 49.9 Å². The number of fused-ring (bicyclic) bond motifs is 3. The number of H-pyrrole nitrogens is 1. The second-order valence-corrected chi connectivity index (χ2v) is 10.6. The van der Waals surface area contributed by atoms with Gasteiger partial charge >= 0.3 is 5.97 Å². The summed E-state index contributed by atoms with van der Waals surface area (Å²) in [4.78, 5) is 23.8. The van der Waals surface area contributed by atoms with Crippen LogP contribution in [0, 0.1) is 0 Å². The first-order chi connectivity index (χ1) is 17.6. The first-order valence-electron chi connectivity index (χ1n) is 11.2. The van der Waals surface area contributed by atoms with Gasteiger partial charge < -0.3 is 14.4 Å². The van der Waals surface area contributed by atoms with Crippen molar-refractivity contribution in [3.8, 4) is 22.3 Å². The fraction of sp³-hybridized carbons (Fsp3) is 0.0357. The van der Waals surface area contributed by atoms with Crippen molar-refractivity contribution in [2.45, 2.75) is 4.21 Å². The second kappa shape index (κ2) is 9.14. The third-order valence-corrected chi connectivity index (χ3v) is 8.08. The van der Waals surface area contributed by atoms with Gasteiger partial charge in [-0.1, -0.05) is 18.2 Å². The molecular weight excluding hydrogens is 488 g/mol. The van der Waals surface area contributed by atoms with E-state index in [1.165, 1.54) is 4.21 Å². The van der Waals surface area contributed by atoms with Crippen molar-refractivity contribution in [3.63, 3.8) is 0 Å². The average Bonchev–Trinajstić information content (AvgIpc) is 3.56. The van der Waals surface area contributed by atoms with Crippen LogP contribution in [0.1, 0.15) is 10.4 Å². The monoisotopic (exact) mass is 508 g/mol. The molecule has 4 aromatic heterocycles. The highest BCUT2D eigenvalue weighted by molar-refractivity contribution is 8.02. The number of aromatic carboxylic acids is 1. The molecule has 4 heterocycles. The Morgan fingerprint density at radius 3 is 2.56 bits per heavy atom. The van der Waals surface area contributed by atoms with Crippen LogP contribution >= 0.6 is 23.3 Å². The van der Waals surface area contributed by atoms with Gasteiger partial charge in [0.2, 0.25) is 0 Å². The topological polar surface area (TPSA) is 82.1 Å². The van der Waals surface area contributed by atoms with Gasteiger partial charge in [0.05, 0.1) is 9.77 Å². The lowest BCUT2D eigenvalue weighted by atomic mass is 9.93. The van der Waals surface area contributed by atoms with Crippen molar-refractivity contribution in [2.24, 2.45) is 0 Å². The van der Waals surface area contributed by atoms with Crippen molar-refractivity contribution in [3.05, 3.63) is 96.3 Å². The first kappa shape index (κ1) is 22.3. The Balaban J connectivity index is 1.57. The van der Waals surface area contributed by atoms with Gasteiger partial charge in [0.25, 0.3) is 0 Å². The maximum atomic E-state index is 11.4. The van der Waals surface area contributed by atoms with Gasteiger partial charge in [0.1, 0.15) is 5.65 Å². The number of thiophene rings is 1. The number of hydrogen-bond acceptors (Lipinski definition) is 6. The van der Waals surface area contributed by atoms with E-state index in [2.05, 4.69) is 57.0 Å². The Bertz CT molecular complexity index is 1700. The molecule has 8 heteroatoms. The minimum Gasteiger partial charge on any atom is -0.478 e. The average molecular weight is 509 g/mol. The molecule has 0 saturated carbocycles. The van der Waals surface area contributed by atoms with E-state index >= 15 is 0 Å². The maximum absolute atomic E-state index is 11.4. The maximum Gasteiger partial charge on any atom is 0.335 e. The normalized spacial score (nSPS) is 11.2. The minimum absolute atomic E-state index is 0.251. The molecule has 0 unspecified atom stereocenters. The summed E-state index contributed by atoms with van der Waals surface area (Å²) in [5.74, 6) is -0.946. The van der Waals surface area contributed by atoms with Gasteiger partial charge in [0.15, 0.2) is 0 Å². The van der Waals surface area contributed by atoms with Crippen molar-refractivity contribution >= 4 is 56.9 Å². The molecule has 0 radical (unpaired) electrons. The lowest BCUT2D eigenvalue weighted by molar-refractivity contribution is 0.0697. The summed E-state index contributed by atoms with van der Waals surface area (Å²) in [5, 5.41) is 13.5. The van der Waals surface area contributed by atoms with Crippen LogP contribution in [0.4, 0.5) is 5.69 Å². The number of pyridine rings is 2. The van der Waals surface area contributed by atoms with E-state index in [1.807, 2.05) is 30.5 Å². The number of rotatable bonds is 6. The van der Waals surface area contributed by atoms with E-state index in [-0.39, 0.29) is 5.56 Å². The van der Waals surface area contributed by atoms with E-state index < -0.39 is 5.97 Å². The number of benzene rings is 2. The zero-order valence-corrected chi connectivity index (χ0v) is 20.8. The molecule has 0 aliphatic carbocycles. The minimum atomic E-state index is -0.946. The number of carboxylic acid groups (broad SMARTS) is 1. The molecule has 0 fully saturated rings. The predicted octanol–water partition coefficient (Wildman–Crippen LogP) is 7.35. The van der Waals surface area contributed by atoms with Gasteiger partial charge in [-0.15, -0.1) is 11.3 Å². The number of carboxylic acids is 1. The largest absolute Gasteiger partial charge is 0.478 e. The molecule has 6 rings (SSSR count). The van der Waals surface area contributed by atoms with Crippen LogP contribution in [0.5, 0.6) is 0 Å². The van der Waals surface area contributed by atoms with Crippen molar-refractivity contribution < 1.29 is 9.90 Å². The Morgan fingerprint density at radius 1 is 1.03 bits per heavy atom. The van der Waals surface area contributed by atoms with Gasteiger partial charge in [-0.3, -0.25) is 4.98 Å². The first-order valence-corrected chi connectivity index (χ1v) is 12.9. The summed E-state index contributed by atoms with van der Waals surface area (Å²) < 4.78 is 3.39. The lowest BCUT2D eigenvalue weighted by Gasteiger charge is -2.17. The highest BCUT2D eigenvalue weighted by Gasteiger charge is 2.18. The van der Waals surface area contributed by atoms with E-state index in [0.29, 0.717) is 0 Å². The molecule has 36 heavy (non-hydrogen) atoms. The zero-order chi connectivity index (χ0) is 24.6. The van der Waals surface area contributed by atoms with E-state index in [1.54, 1.807) is 47.8 Å². The third-order valence-electron chi connectivity index (χ3n) is 6.10. The molecular formula is C28H20N4O2S2. The quantitative estimate of drug-likeness (QED) is 0.229. The summed E-state index contributed by atoms with van der Waals surface area (Å²) in [5.41, 5.74) is 7.01. The molecule has 0 spiro atoms. The van der Waals surface area contributed by atoms with Crippen LogP contribution in [-0.4, -0.2) is 33.1 Å². The molecule has 6 aromatic rings. The van der Waals surface area contributed by atoms with Crippen molar-refractivity contribution in [2.75, 3.05) is 11.4 Å². The summed E-state index contributed by atoms with van der Waals surface area (Å²) in [6, 6.07) is 21.5. The fourth-order valence-electron chi connectivity index (χ4n) is 4.37. The second-order valence-electron chi connectivity index (χ2n) is 8.26. The zero-order valence-electron chi connectivity index (χ0n) is 19.2. The number of aromatic amines is 1. The number of anilines is 1. The van der Waals surface area contributed by atoms with Gasteiger partial charge in [0, 0.05) is 58.7 Å². The molecule has 6 nitrogen and oxygen atoms in total. The number of aromatic nitrogens is 3.